The van der Waals surface area contributed by atoms with Gasteiger partial charge in [-0.1, -0.05) is 0 Å². The number of hydrogen-bond acceptors (Lipinski definition) is 2. The molecule has 1 heterocycles. The first-order valence-electron chi connectivity index (χ1n) is 5.99. The third kappa shape index (κ3) is 2.44. The van der Waals surface area contributed by atoms with Crippen molar-refractivity contribution in [3.05, 3.63) is 0 Å². The molecule has 1 aliphatic heterocycles. The summed E-state index contributed by atoms with van der Waals surface area (Å²) in [6.45, 7) is 0.637. The molecule has 4 nitrogen and oxygen atoms in total. The van der Waals surface area contributed by atoms with Crippen LogP contribution in [0.3, 0.4) is 0 Å². The summed E-state index contributed by atoms with van der Waals surface area (Å²) in [7, 11) is 0. The average molecular weight is 264 g/mol. The van der Waals surface area contributed by atoms with Crippen molar-refractivity contribution in [3.8, 4) is 0 Å². The molecule has 102 valence electrons. The van der Waals surface area contributed by atoms with Crippen molar-refractivity contribution < 1.29 is 22.8 Å². The normalized spacial score (nSPS) is 32.4. The summed E-state index contributed by atoms with van der Waals surface area (Å²) < 4.78 is 36.3. The van der Waals surface area contributed by atoms with E-state index in [-0.39, 0.29) is 5.91 Å². The molecule has 0 atom stereocenters. The molecule has 1 saturated carbocycles. The largest absolute Gasteiger partial charge is 0.471 e. The molecule has 1 spiro atoms. The second kappa shape index (κ2) is 4.44. The lowest BCUT2D eigenvalue weighted by Crippen LogP contribution is -2.47. The zero-order valence-electron chi connectivity index (χ0n) is 9.77. The molecule has 0 bridgehead atoms. The molecule has 1 saturated heterocycles. The highest BCUT2D eigenvalue weighted by Crippen LogP contribution is 2.41. The summed E-state index contributed by atoms with van der Waals surface area (Å²) in [4.78, 5) is 22.5. The lowest BCUT2D eigenvalue weighted by Gasteiger charge is -2.35. The van der Waals surface area contributed by atoms with Crippen LogP contribution in [0.15, 0.2) is 0 Å². The number of halogens is 3. The second-order valence-corrected chi connectivity index (χ2v) is 5.03. The van der Waals surface area contributed by atoms with Gasteiger partial charge in [0, 0.05) is 12.6 Å². The third-order valence-electron chi connectivity index (χ3n) is 3.91. The Bertz CT molecular complexity index is 360. The maximum Gasteiger partial charge on any atom is 0.471 e. The first kappa shape index (κ1) is 13.2. The van der Waals surface area contributed by atoms with Gasteiger partial charge in [0.05, 0.1) is 5.41 Å². The van der Waals surface area contributed by atoms with Crippen LogP contribution in [0.5, 0.6) is 0 Å². The second-order valence-electron chi connectivity index (χ2n) is 5.03. The van der Waals surface area contributed by atoms with Gasteiger partial charge < -0.3 is 10.6 Å². The highest BCUT2D eigenvalue weighted by Gasteiger charge is 2.46. The Morgan fingerprint density at radius 1 is 1.28 bits per heavy atom. The van der Waals surface area contributed by atoms with Gasteiger partial charge >= 0.3 is 12.1 Å². The molecule has 18 heavy (non-hydrogen) atoms. The predicted molar refractivity (Wildman–Crippen MR) is 56.5 cm³/mol. The fraction of sp³-hybridized carbons (Fsp3) is 0.818. The van der Waals surface area contributed by atoms with Crippen LogP contribution in [0.25, 0.3) is 0 Å². The number of amides is 2. The number of hydrogen-bond donors (Lipinski definition) is 2. The van der Waals surface area contributed by atoms with Gasteiger partial charge in [-0.15, -0.1) is 0 Å². The lowest BCUT2D eigenvalue weighted by atomic mass is 9.71. The minimum Gasteiger partial charge on any atom is -0.356 e. The highest BCUT2D eigenvalue weighted by atomic mass is 19.4. The Kier molecular flexibility index (Phi) is 3.25. The number of alkyl halides is 3. The van der Waals surface area contributed by atoms with Crippen molar-refractivity contribution in [1.29, 1.82) is 0 Å². The smallest absolute Gasteiger partial charge is 0.356 e. The molecule has 2 aliphatic rings. The topological polar surface area (TPSA) is 58.2 Å². The van der Waals surface area contributed by atoms with Gasteiger partial charge in [-0.3, -0.25) is 9.59 Å². The molecule has 2 N–H and O–H groups in total. The summed E-state index contributed by atoms with van der Waals surface area (Å²) in [5, 5.41) is 4.74. The molecule has 2 rings (SSSR count). The van der Waals surface area contributed by atoms with Crippen molar-refractivity contribution >= 4 is 11.8 Å². The number of carbonyl (C=O) groups excluding carboxylic acids is 2. The minimum atomic E-state index is -4.83. The molecule has 7 heteroatoms. The van der Waals surface area contributed by atoms with Crippen LogP contribution in [0.1, 0.15) is 32.1 Å². The Morgan fingerprint density at radius 3 is 2.33 bits per heavy atom. The maximum absolute atomic E-state index is 12.1. The standard InChI is InChI=1S/C11H15F3N2O2/c12-11(13,14)9(18)16-7-1-3-10(4-2-7)5-6-15-8(10)17/h7H,1-6H2,(H,15,17)(H,16,18). The fourth-order valence-corrected chi connectivity index (χ4v) is 2.78. The Balaban J connectivity index is 1.88. The Morgan fingerprint density at radius 2 is 1.89 bits per heavy atom. The zero-order valence-corrected chi connectivity index (χ0v) is 9.77. The van der Waals surface area contributed by atoms with E-state index >= 15 is 0 Å². The van der Waals surface area contributed by atoms with Crippen LogP contribution in [-0.4, -0.2) is 30.6 Å². The van der Waals surface area contributed by atoms with Crippen molar-refractivity contribution in [1.82, 2.24) is 10.6 Å². The SMILES string of the molecule is O=C(NC1CCC2(CCNC2=O)CC1)C(F)(F)F. The van der Waals surface area contributed by atoms with Crippen LogP contribution >= 0.6 is 0 Å². The molecular weight excluding hydrogens is 249 g/mol. The first-order valence-corrected chi connectivity index (χ1v) is 5.99. The van der Waals surface area contributed by atoms with Gasteiger partial charge in [0.25, 0.3) is 0 Å². The van der Waals surface area contributed by atoms with E-state index < -0.39 is 23.5 Å². The van der Waals surface area contributed by atoms with E-state index in [0.29, 0.717) is 32.2 Å². The van der Waals surface area contributed by atoms with E-state index in [1.54, 1.807) is 0 Å². The summed E-state index contributed by atoms with van der Waals surface area (Å²) in [5.41, 5.74) is -0.403. The molecule has 0 radical (unpaired) electrons. The summed E-state index contributed by atoms with van der Waals surface area (Å²) >= 11 is 0. The van der Waals surface area contributed by atoms with E-state index in [2.05, 4.69) is 5.32 Å². The summed E-state index contributed by atoms with van der Waals surface area (Å²) in [5.74, 6) is -1.89. The maximum atomic E-state index is 12.1. The molecule has 0 unspecified atom stereocenters. The zero-order chi connectivity index (χ0) is 13.4. The first-order chi connectivity index (χ1) is 8.33. The molecule has 0 aromatic rings. The predicted octanol–water partition coefficient (Wildman–Crippen LogP) is 1.11. The summed E-state index contributed by atoms with van der Waals surface area (Å²) in [6, 6.07) is -0.474. The van der Waals surface area contributed by atoms with Gasteiger partial charge in [-0.2, -0.15) is 13.2 Å². The van der Waals surface area contributed by atoms with E-state index in [1.165, 1.54) is 0 Å². The number of carbonyl (C=O) groups is 2. The third-order valence-corrected chi connectivity index (χ3v) is 3.91. The van der Waals surface area contributed by atoms with E-state index in [1.807, 2.05) is 5.32 Å². The van der Waals surface area contributed by atoms with Crippen LogP contribution in [-0.2, 0) is 9.59 Å². The summed E-state index contributed by atoms with van der Waals surface area (Å²) in [6.07, 6.45) is -2.15. The van der Waals surface area contributed by atoms with Gasteiger partial charge in [0.2, 0.25) is 5.91 Å². The molecule has 1 aliphatic carbocycles. The minimum absolute atomic E-state index is 0.00287. The van der Waals surface area contributed by atoms with Crippen LogP contribution in [0.4, 0.5) is 13.2 Å². The fourth-order valence-electron chi connectivity index (χ4n) is 2.78. The van der Waals surface area contributed by atoms with Gasteiger partial charge in [0.1, 0.15) is 0 Å². The number of rotatable bonds is 1. The van der Waals surface area contributed by atoms with Crippen LogP contribution in [0.2, 0.25) is 0 Å². The van der Waals surface area contributed by atoms with E-state index in [9.17, 15) is 22.8 Å². The molecule has 2 amide bonds. The quantitative estimate of drug-likeness (QED) is 0.745. The van der Waals surface area contributed by atoms with Crippen molar-refractivity contribution in [2.24, 2.45) is 5.41 Å². The van der Waals surface area contributed by atoms with Crippen LogP contribution < -0.4 is 10.6 Å². The Labute approximate surface area is 102 Å². The monoisotopic (exact) mass is 264 g/mol. The molecule has 2 fully saturated rings. The lowest BCUT2D eigenvalue weighted by molar-refractivity contribution is -0.174. The van der Waals surface area contributed by atoms with Crippen LogP contribution in [0, 0.1) is 5.41 Å². The van der Waals surface area contributed by atoms with Gasteiger partial charge in [0.15, 0.2) is 0 Å². The van der Waals surface area contributed by atoms with Gasteiger partial charge in [-0.25, -0.2) is 0 Å². The molecule has 0 aromatic heterocycles. The van der Waals surface area contributed by atoms with Crippen molar-refractivity contribution in [2.45, 2.75) is 44.3 Å². The highest BCUT2D eigenvalue weighted by molar-refractivity contribution is 5.85. The van der Waals surface area contributed by atoms with Gasteiger partial charge in [-0.05, 0) is 32.1 Å². The van der Waals surface area contributed by atoms with E-state index in [4.69, 9.17) is 0 Å². The number of nitrogens with one attached hydrogen (secondary N) is 2. The Hall–Kier alpha value is -1.27. The van der Waals surface area contributed by atoms with Crippen molar-refractivity contribution in [2.75, 3.05) is 6.54 Å². The van der Waals surface area contributed by atoms with E-state index in [0.717, 1.165) is 6.42 Å². The average Bonchev–Trinajstić information content (AvgIpc) is 2.63. The molecule has 0 aromatic carbocycles. The van der Waals surface area contributed by atoms with Crippen molar-refractivity contribution in [3.63, 3.8) is 0 Å². The molecular formula is C11H15F3N2O2.